The maximum Gasteiger partial charge on any atom is 0.259 e. The number of aromatic nitrogens is 6. The Morgan fingerprint density at radius 2 is 2.09 bits per heavy atom. The van der Waals surface area contributed by atoms with Gasteiger partial charge in [-0.1, -0.05) is 29.8 Å². The highest BCUT2D eigenvalue weighted by Crippen LogP contribution is 2.38. The SMILES string of the molecule is C[C@H](Nc1cc(Cl)nn2ccnc12)c1cc2cccc(-c3cnn(C)c3)c2c(=O)n1C1CC1. The van der Waals surface area contributed by atoms with Crippen LogP contribution in [0.4, 0.5) is 5.69 Å². The lowest BCUT2D eigenvalue weighted by Crippen LogP contribution is -2.26. The van der Waals surface area contributed by atoms with E-state index in [1.807, 2.05) is 36.0 Å². The van der Waals surface area contributed by atoms with Crippen LogP contribution >= 0.6 is 11.6 Å². The first-order chi connectivity index (χ1) is 16.0. The van der Waals surface area contributed by atoms with Gasteiger partial charge in [-0.25, -0.2) is 9.50 Å². The molecule has 4 heterocycles. The zero-order chi connectivity index (χ0) is 22.7. The molecule has 0 spiro atoms. The standard InChI is InChI=1S/C24H22ClN7O/c1-14(28-19-11-21(25)29-31-9-8-26-23(19)31)20-10-15-4-3-5-18(16-12-27-30(2)13-16)22(15)24(33)32(20)17-6-7-17/h3-5,8-14,17,28H,6-7H2,1-2H3/t14-/m0/s1. The Morgan fingerprint density at radius 1 is 1.24 bits per heavy atom. The number of imidazole rings is 1. The lowest BCUT2D eigenvalue weighted by Gasteiger charge is -2.22. The summed E-state index contributed by atoms with van der Waals surface area (Å²) in [7, 11) is 1.88. The molecule has 166 valence electrons. The van der Waals surface area contributed by atoms with Crippen LogP contribution in [0.2, 0.25) is 5.15 Å². The van der Waals surface area contributed by atoms with Crippen LogP contribution in [0.3, 0.4) is 0 Å². The van der Waals surface area contributed by atoms with Crippen molar-refractivity contribution in [3.05, 3.63) is 76.3 Å². The fourth-order valence-corrected chi connectivity index (χ4v) is 4.73. The van der Waals surface area contributed by atoms with Crippen molar-refractivity contribution >= 4 is 33.7 Å². The number of fused-ring (bicyclic) bond motifs is 2. The monoisotopic (exact) mass is 459 g/mol. The molecule has 1 aliphatic rings. The molecule has 1 aliphatic carbocycles. The Hall–Kier alpha value is -3.65. The number of nitrogens with zero attached hydrogens (tertiary/aromatic N) is 6. The van der Waals surface area contributed by atoms with Gasteiger partial charge in [-0.05, 0) is 36.8 Å². The number of hydrogen-bond acceptors (Lipinski definition) is 5. The van der Waals surface area contributed by atoms with Gasteiger partial charge in [0.15, 0.2) is 10.8 Å². The largest absolute Gasteiger partial charge is 0.374 e. The van der Waals surface area contributed by atoms with Crippen LogP contribution in [0.15, 0.2) is 59.9 Å². The number of aryl methyl sites for hydroxylation is 1. The fourth-order valence-electron chi connectivity index (χ4n) is 4.54. The molecule has 1 N–H and O–H groups in total. The summed E-state index contributed by atoms with van der Waals surface area (Å²) in [4.78, 5) is 18.3. The zero-order valence-corrected chi connectivity index (χ0v) is 19.0. The Labute approximate surface area is 194 Å². The molecule has 4 aromatic heterocycles. The molecule has 0 unspecified atom stereocenters. The molecule has 0 saturated heterocycles. The van der Waals surface area contributed by atoms with Gasteiger partial charge in [0.25, 0.3) is 5.56 Å². The van der Waals surface area contributed by atoms with E-state index in [1.54, 1.807) is 33.9 Å². The quantitative estimate of drug-likeness (QED) is 0.415. The third-order valence-electron chi connectivity index (χ3n) is 6.18. The molecule has 33 heavy (non-hydrogen) atoms. The van der Waals surface area contributed by atoms with Gasteiger partial charge in [0, 0.05) is 49.0 Å². The van der Waals surface area contributed by atoms with Crippen LogP contribution in [0.5, 0.6) is 0 Å². The molecular weight excluding hydrogens is 438 g/mol. The van der Waals surface area contributed by atoms with Crippen molar-refractivity contribution in [1.29, 1.82) is 0 Å². The number of hydrogen-bond donors (Lipinski definition) is 1. The van der Waals surface area contributed by atoms with E-state index in [-0.39, 0.29) is 17.6 Å². The molecular formula is C24H22ClN7O. The number of halogens is 1. The minimum Gasteiger partial charge on any atom is -0.374 e. The molecule has 9 heteroatoms. The van der Waals surface area contributed by atoms with Crippen LogP contribution in [-0.4, -0.2) is 28.9 Å². The number of nitrogens with one attached hydrogen (secondary N) is 1. The first-order valence-electron chi connectivity index (χ1n) is 10.9. The summed E-state index contributed by atoms with van der Waals surface area (Å²) in [5.74, 6) is 0. The number of pyridine rings is 1. The van der Waals surface area contributed by atoms with Crippen molar-refractivity contribution in [1.82, 2.24) is 28.9 Å². The van der Waals surface area contributed by atoms with E-state index in [1.165, 1.54) is 0 Å². The normalized spacial score (nSPS) is 14.8. The highest BCUT2D eigenvalue weighted by atomic mass is 35.5. The Bertz CT molecular complexity index is 1580. The van der Waals surface area contributed by atoms with E-state index in [0.717, 1.165) is 46.1 Å². The van der Waals surface area contributed by atoms with E-state index < -0.39 is 0 Å². The maximum absolute atomic E-state index is 13.9. The van der Waals surface area contributed by atoms with Gasteiger partial charge in [0.05, 0.1) is 23.3 Å². The highest BCUT2D eigenvalue weighted by Gasteiger charge is 2.30. The van der Waals surface area contributed by atoms with Gasteiger partial charge < -0.3 is 9.88 Å². The molecule has 0 bridgehead atoms. The zero-order valence-electron chi connectivity index (χ0n) is 18.2. The topological polar surface area (TPSA) is 82.0 Å². The molecule has 1 atom stereocenters. The first kappa shape index (κ1) is 20.0. The average Bonchev–Trinajstić information content (AvgIpc) is 3.34. The Morgan fingerprint density at radius 3 is 2.85 bits per heavy atom. The molecule has 8 nitrogen and oxygen atoms in total. The lowest BCUT2D eigenvalue weighted by molar-refractivity contribution is 0.637. The van der Waals surface area contributed by atoms with E-state index in [2.05, 4.69) is 33.5 Å². The Kier molecular flexibility index (Phi) is 4.51. The minimum absolute atomic E-state index is 0.0387. The predicted molar refractivity (Wildman–Crippen MR) is 129 cm³/mol. The summed E-state index contributed by atoms with van der Waals surface area (Å²) in [5, 5.41) is 14.1. The van der Waals surface area contributed by atoms with Gasteiger partial charge in [-0.15, -0.1) is 0 Å². The van der Waals surface area contributed by atoms with E-state index in [9.17, 15) is 4.79 Å². The van der Waals surface area contributed by atoms with Crippen molar-refractivity contribution in [2.75, 3.05) is 5.32 Å². The van der Waals surface area contributed by atoms with Gasteiger partial charge in [0.2, 0.25) is 0 Å². The third kappa shape index (κ3) is 3.38. The molecule has 1 fully saturated rings. The summed E-state index contributed by atoms with van der Waals surface area (Å²) >= 11 is 6.22. The second-order valence-corrected chi connectivity index (χ2v) is 8.98. The summed E-state index contributed by atoms with van der Waals surface area (Å²) < 4.78 is 5.36. The minimum atomic E-state index is -0.149. The second kappa shape index (κ2) is 7.45. The molecule has 1 saturated carbocycles. The van der Waals surface area contributed by atoms with Crippen LogP contribution in [0.25, 0.3) is 27.5 Å². The van der Waals surface area contributed by atoms with Gasteiger partial charge in [0.1, 0.15) is 0 Å². The van der Waals surface area contributed by atoms with Crippen molar-refractivity contribution in [2.45, 2.75) is 31.8 Å². The molecule has 1 aromatic carbocycles. The summed E-state index contributed by atoms with van der Waals surface area (Å²) in [6, 6.07) is 9.94. The Balaban J connectivity index is 1.51. The molecule has 0 amide bonds. The fraction of sp³-hybridized carbons (Fsp3) is 0.250. The van der Waals surface area contributed by atoms with E-state index in [4.69, 9.17) is 11.6 Å². The van der Waals surface area contributed by atoms with Crippen molar-refractivity contribution in [2.24, 2.45) is 7.05 Å². The third-order valence-corrected chi connectivity index (χ3v) is 6.37. The van der Waals surface area contributed by atoms with Gasteiger partial charge in [-0.2, -0.15) is 10.2 Å². The lowest BCUT2D eigenvalue weighted by atomic mass is 10.00. The van der Waals surface area contributed by atoms with Crippen molar-refractivity contribution in [3.63, 3.8) is 0 Å². The molecule has 5 aromatic rings. The van der Waals surface area contributed by atoms with Gasteiger partial charge in [-0.3, -0.25) is 9.48 Å². The molecule has 6 rings (SSSR count). The highest BCUT2D eigenvalue weighted by molar-refractivity contribution is 6.29. The smallest absolute Gasteiger partial charge is 0.259 e. The molecule has 0 aliphatic heterocycles. The maximum atomic E-state index is 13.9. The predicted octanol–water partition coefficient (Wildman–Crippen LogP) is 4.61. The van der Waals surface area contributed by atoms with Gasteiger partial charge >= 0.3 is 0 Å². The summed E-state index contributed by atoms with van der Waals surface area (Å²) in [6.45, 7) is 2.05. The van der Waals surface area contributed by atoms with Crippen molar-refractivity contribution in [3.8, 4) is 11.1 Å². The van der Waals surface area contributed by atoms with E-state index >= 15 is 0 Å². The van der Waals surface area contributed by atoms with Crippen LogP contribution in [0, 0.1) is 0 Å². The molecule has 0 radical (unpaired) electrons. The number of rotatable bonds is 5. The van der Waals surface area contributed by atoms with Crippen LogP contribution in [-0.2, 0) is 7.05 Å². The van der Waals surface area contributed by atoms with Crippen LogP contribution in [0.1, 0.15) is 37.5 Å². The number of anilines is 1. The average molecular weight is 460 g/mol. The van der Waals surface area contributed by atoms with E-state index in [0.29, 0.717) is 10.8 Å². The number of benzene rings is 1. The first-order valence-corrected chi connectivity index (χ1v) is 11.3. The summed E-state index contributed by atoms with van der Waals surface area (Å²) in [5.41, 5.74) is 4.28. The second-order valence-electron chi connectivity index (χ2n) is 8.59. The summed E-state index contributed by atoms with van der Waals surface area (Å²) in [6.07, 6.45) is 9.20. The van der Waals surface area contributed by atoms with Crippen molar-refractivity contribution < 1.29 is 0 Å². The van der Waals surface area contributed by atoms with Crippen LogP contribution < -0.4 is 10.9 Å².